The second-order valence-electron chi connectivity index (χ2n) is 7.66. The van der Waals surface area contributed by atoms with Crippen LogP contribution in [0.15, 0.2) is 42.5 Å². The van der Waals surface area contributed by atoms with Gasteiger partial charge in [0.15, 0.2) is 0 Å². The van der Waals surface area contributed by atoms with E-state index in [1.54, 1.807) is 6.07 Å². The van der Waals surface area contributed by atoms with Crippen LogP contribution in [0.3, 0.4) is 0 Å². The van der Waals surface area contributed by atoms with Gasteiger partial charge < -0.3 is 15.7 Å². The maximum atomic E-state index is 15.0. The molecule has 0 bridgehead atoms. The highest BCUT2D eigenvalue weighted by molar-refractivity contribution is 5.69. The van der Waals surface area contributed by atoms with Crippen molar-refractivity contribution < 1.29 is 14.3 Å². The zero-order valence-electron chi connectivity index (χ0n) is 16.4. The molecule has 1 heterocycles. The normalized spacial score (nSPS) is 17.9. The molecule has 0 aromatic heterocycles. The Hall–Kier alpha value is -2.40. The Morgan fingerprint density at radius 2 is 2.14 bits per heavy atom. The van der Waals surface area contributed by atoms with Gasteiger partial charge in [-0.3, -0.25) is 0 Å². The van der Waals surface area contributed by atoms with Crippen LogP contribution in [-0.4, -0.2) is 30.8 Å². The number of aryl methyl sites for hydroxylation is 1. The molecule has 3 rings (SSSR count). The van der Waals surface area contributed by atoms with E-state index in [1.807, 2.05) is 37.3 Å². The summed E-state index contributed by atoms with van der Waals surface area (Å²) in [5.74, 6) is 0.416. The van der Waals surface area contributed by atoms with Crippen molar-refractivity contribution in [1.29, 1.82) is 0 Å². The summed E-state index contributed by atoms with van der Waals surface area (Å²) >= 11 is 0. The van der Waals surface area contributed by atoms with E-state index >= 15 is 0 Å². The third kappa shape index (κ3) is 5.10. The van der Waals surface area contributed by atoms with E-state index in [-0.39, 0.29) is 11.7 Å². The van der Waals surface area contributed by atoms with E-state index in [0.29, 0.717) is 18.0 Å². The molecule has 150 valence electrons. The lowest BCUT2D eigenvalue weighted by atomic mass is 9.76. The summed E-state index contributed by atoms with van der Waals surface area (Å²) in [7, 11) is 0. The van der Waals surface area contributed by atoms with Gasteiger partial charge in [-0.25, -0.2) is 9.18 Å². The van der Waals surface area contributed by atoms with E-state index in [2.05, 4.69) is 10.6 Å². The summed E-state index contributed by atoms with van der Waals surface area (Å²) in [6, 6.07) is 13.4. The molecular formula is C23H29FN2O2. The van der Waals surface area contributed by atoms with Crippen molar-refractivity contribution in [2.24, 2.45) is 5.92 Å². The van der Waals surface area contributed by atoms with Crippen LogP contribution >= 0.6 is 0 Å². The van der Waals surface area contributed by atoms with Gasteiger partial charge in [-0.15, -0.1) is 0 Å². The van der Waals surface area contributed by atoms with Crippen molar-refractivity contribution in [3.8, 4) is 11.1 Å². The fraction of sp³-hybridized carbons (Fsp3) is 0.435. The number of hydrogen-bond acceptors (Lipinski definition) is 2. The summed E-state index contributed by atoms with van der Waals surface area (Å²) in [4.78, 5) is 10.8. The standard InChI is InChI=1S/C23H29FN2O2/c1-16-6-2-7-17(14-16)22-20(9-3-11-21(22)24)19(10-5-13-26-23(27)28)18-8-4-12-25-15-18/h2-3,6-7,9,11,14,18-19,25-26H,4-5,8,10,12-13,15H2,1H3,(H,27,28). The molecular weight excluding hydrogens is 355 g/mol. The van der Waals surface area contributed by atoms with Gasteiger partial charge >= 0.3 is 6.09 Å². The van der Waals surface area contributed by atoms with Crippen LogP contribution in [0.5, 0.6) is 0 Å². The summed E-state index contributed by atoms with van der Waals surface area (Å²) in [6.45, 7) is 4.38. The molecule has 28 heavy (non-hydrogen) atoms. The third-order valence-corrected chi connectivity index (χ3v) is 5.62. The smallest absolute Gasteiger partial charge is 0.404 e. The largest absolute Gasteiger partial charge is 0.465 e. The number of halogens is 1. The lowest BCUT2D eigenvalue weighted by Crippen LogP contribution is -2.34. The number of rotatable bonds is 7. The molecule has 1 aliphatic heterocycles. The monoisotopic (exact) mass is 384 g/mol. The zero-order valence-corrected chi connectivity index (χ0v) is 16.4. The molecule has 4 nitrogen and oxygen atoms in total. The maximum Gasteiger partial charge on any atom is 0.404 e. The number of nitrogens with one attached hydrogen (secondary N) is 2. The van der Waals surface area contributed by atoms with Crippen molar-refractivity contribution >= 4 is 6.09 Å². The first-order valence-electron chi connectivity index (χ1n) is 10.1. The maximum absolute atomic E-state index is 15.0. The zero-order chi connectivity index (χ0) is 19.9. The third-order valence-electron chi connectivity index (χ3n) is 5.62. The predicted octanol–water partition coefficient (Wildman–Crippen LogP) is 4.93. The number of piperidine rings is 1. The summed E-state index contributed by atoms with van der Waals surface area (Å²) in [6.07, 6.45) is 2.78. The van der Waals surface area contributed by atoms with Crippen LogP contribution in [0.25, 0.3) is 11.1 Å². The van der Waals surface area contributed by atoms with E-state index in [1.165, 1.54) is 6.07 Å². The minimum atomic E-state index is -0.998. The van der Waals surface area contributed by atoms with Crippen molar-refractivity contribution in [2.45, 2.75) is 38.5 Å². The lowest BCUT2D eigenvalue weighted by molar-refractivity contribution is 0.194. The first-order valence-corrected chi connectivity index (χ1v) is 10.1. The fourth-order valence-electron chi connectivity index (χ4n) is 4.34. The molecule has 1 saturated heterocycles. The van der Waals surface area contributed by atoms with E-state index in [0.717, 1.165) is 55.5 Å². The molecule has 0 aliphatic carbocycles. The molecule has 3 N–H and O–H groups in total. The lowest BCUT2D eigenvalue weighted by Gasteiger charge is -2.33. The van der Waals surface area contributed by atoms with E-state index < -0.39 is 6.09 Å². The van der Waals surface area contributed by atoms with Gasteiger partial charge in [0, 0.05) is 12.1 Å². The average molecular weight is 384 g/mol. The molecule has 5 heteroatoms. The molecule has 2 aromatic rings. The SMILES string of the molecule is Cc1cccc(-c2c(F)cccc2C(CCCNC(=O)O)C2CCCNC2)c1. The Morgan fingerprint density at radius 1 is 1.32 bits per heavy atom. The van der Waals surface area contributed by atoms with Gasteiger partial charge in [-0.05, 0) is 74.7 Å². The van der Waals surface area contributed by atoms with Crippen molar-refractivity contribution in [3.05, 3.63) is 59.4 Å². The van der Waals surface area contributed by atoms with Crippen LogP contribution in [0.4, 0.5) is 9.18 Å². The highest BCUT2D eigenvalue weighted by atomic mass is 19.1. The predicted molar refractivity (Wildman–Crippen MR) is 110 cm³/mol. The van der Waals surface area contributed by atoms with Crippen LogP contribution in [0, 0.1) is 18.7 Å². The van der Waals surface area contributed by atoms with Gasteiger partial charge in [0.25, 0.3) is 0 Å². The molecule has 1 amide bonds. The minimum Gasteiger partial charge on any atom is -0.465 e. The number of hydrogen-bond donors (Lipinski definition) is 3. The van der Waals surface area contributed by atoms with E-state index in [4.69, 9.17) is 5.11 Å². The van der Waals surface area contributed by atoms with Gasteiger partial charge in [0.1, 0.15) is 5.82 Å². The number of benzene rings is 2. The summed E-state index contributed by atoms with van der Waals surface area (Å²) < 4.78 is 15.0. The first kappa shape index (κ1) is 20.3. The number of carboxylic acid groups (broad SMARTS) is 1. The average Bonchev–Trinajstić information content (AvgIpc) is 2.68. The molecule has 2 aromatic carbocycles. The Labute approximate surface area is 166 Å². The topological polar surface area (TPSA) is 61.4 Å². The number of carbonyl (C=O) groups is 1. The Balaban J connectivity index is 1.94. The molecule has 0 saturated carbocycles. The van der Waals surface area contributed by atoms with Gasteiger partial charge in [0.05, 0.1) is 0 Å². The van der Waals surface area contributed by atoms with Gasteiger partial charge in [-0.2, -0.15) is 0 Å². The van der Waals surface area contributed by atoms with Crippen LogP contribution in [0.1, 0.15) is 42.7 Å². The van der Waals surface area contributed by atoms with Crippen LogP contribution in [0.2, 0.25) is 0 Å². The second kappa shape index (κ2) is 9.69. The van der Waals surface area contributed by atoms with E-state index in [9.17, 15) is 9.18 Å². The molecule has 1 fully saturated rings. The highest BCUT2D eigenvalue weighted by Gasteiger charge is 2.28. The van der Waals surface area contributed by atoms with Crippen LogP contribution in [-0.2, 0) is 0 Å². The summed E-state index contributed by atoms with van der Waals surface area (Å²) in [5, 5.41) is 14.7. The number of amides is 1. The summed E-state index contributed by atoms with van der Waals surface area (Å²) in [5.41, 5.74) is 3.74. The molecule has 1 aliphatic rings. The second-order valence-corrected chi connectivity index (χ2v) is 7.66. The van der Waals surface area contributed by atoms with Crippen LogP contribution < -0.4 is 10.6 Å². The Morgan fingerprint density at radius 3 is 2.86 bits per heavy atom. The van der Waals surface area contributed by atoms with Gasteiger partial charge in [0.2, 0.25) is 0 Å². The quantitative estimate of drug-likeness (QED) is 0.593. The molecule has 2 atom stereocenters. The highest BCUT2D eigenvalue weighted by Crippen LogP contribution is 2.40. The Bertz CT molecular complexity index is 803. The molecule has 0 spiro atoms. The molecule has 2 unspecified atom stereocenters. The van der Waals surface area contributed by atoms with Crippen molar-refractivity contribution in [2.75, 3.05) is 19.6 Å². The van der Waals surface area contributed by atoms with Gasteiger partial charge in [-0.1, -0.05) is 42.0 Å². The van der Waals surface area contributed by atoms with Crippen molar-refractivity contribution in [3.63, 3.8) is 0 Å². The Kier molecular flexibility index (Phi) is 7.04. The van der Waals surface area contributed by atoms with Crippen molar-refractivity contribution in [1.82, 2.24) is 10.6 Å². The first-order chi connectivity index (χ1) is 13.6. The molecule has 0 radical (unpaired) electrons. The minimum absolute atomic E-state index is 0.189. The fourth-order valence-corrected chi connectivity index (χ4v) is 4.34.